The number of aryl methyl sites for hydroxylation is 1. The molecule has 7 heteroatoms. The Bertz CT molecular complexity index is 851. The molecule has 1 aromatic heterocycles. The normalized spacial score (nSPS) is 13.4. The van der Waals surface area contributed by atoms with Gasteiger partial charge in [0.2, 0.25) is 0 Å². The first kappa shape index (κ1) is 21.1. The summed E-state index contributed by atoms with van der Waals surface area (Å²) in [6, 6.07) is 7.80. The first-order valence-corrected chi connectivity index (χ1v) is 11.3. The SMILES string of the molecule is CCOC(=O)c1c(NC(=S)NCCc2cccc(Cl)c2)sc2c1CCCCC2. The molecule has 2 N–H and O–H groups in total. The summed E-state index contributed by atoms with van der Waals surface area (Å²) in [5.74, 6) is -0.258. The van der Waals surface area contributed by atoms with Crippen molar-refractivity contribution in [1.29, 1.82) is 0 Å². The van der Waals surface area contributed by atoms with Gasteiger partial charge in [0.1, 0.15) is 5.00 Å². The molecule has 1 aliphatic rings. The van der Waals surface area contributed by atoms with E-state index in [1.807, 2.05) is 31.2 Å². The van der Waals surface area contributed by atoms with Crippen LogP contribution in [0.3, 0.4) is 0 Å². The number of anilines is 1. The fourth-order valence-corrected chi connectivity index (χ4v) is 5.17. The molecule has 0 radical (unpaired) electrons. The molecular weight excluding hydrogens is 412 g/mol. The fourth-order valence-electron chi connectivity index (χ4n) is 3.41. The van der Waals surface area contributed by atoms with Crippen molar-refractivity contribution in [3.63, 3.8) is 0 Å². The maximum Gasteiger partial charge on any atom is 0.341 e. The van der Waals surface area contributed by atoms with Crippen LogP contribution in [0.25, 0.3) is 0 Å². The van der Waals surface area contributed by atoms with E-state index in [2.05, 4.69) is 10.6 Å². The maximum absolute atomic E-state index is 12.6. The van der Waals surface area contributed by atoms with Crippen LogP contribution in [0.1, 0.15) is 52.5 Å². The molecule has 0 unspecified atom stereocenters. The van der Waals surface area contributed by atoms with Gasteiger partial charge >= 0.3 is 5.97 Å². The number of carbonyl (C=O) groups excluding carboxylic acids is 1. The summed E-state index contributed by atoms with van der Waals surface area (Å²) in [6.07, 6.45) is 6.24. The van der Waals surface area contributed by atoms with Gasteiger partial charge in [-0.2, -0.15) is 0 Å². The van der Waals surface area contributed by atoms with Crippen LogP contribution in [-0.2, 0) is 24.0 Å². The Hall–Kier alpha value is -1.63. The molecule has 0 atom stereocenters. The van der Waals surface area contributed by atoms with Crippen molar-refractivity contribution in [3.8, 4) is 0 Å². The van der Waals surface area contributed by atoms with Crippen LogP contribution in [0, 0.1) is 0 Å². The molecule has 0 fully saturated rings. The minimum Gasteiger partial charge on any atom is -0.462 e. The largest absolute Gasteiger partial charge is 0.462 e. The van der Waals surface area contributed by atoms with Gasteiger partial charge in [0.05, 0.1) is 12.2 Å². The molecule has 3 rings (SSSR count). The molecule has 0 saturated carbocycles. The molecule has 0 amide bonds. The average molecular weight is 437 g/mol. The van der Waals surface area contributed by atoms with Crippen LogP contribution in [0.15, 0.2) is 24.3 Å². The maximum atomic E-state index is 12.6. The number of ether oxygens (including phenoxy) is 1. The lowest BCUT2D eigenvalue weighted by Gasteiger charge is -2.12. The van der Waals surface area contributed by atoms with Gasteiger partial charge in [-0.1, -0.05) is 30.2 Å². The minimum atomic E-state index is -0.258. The van der Waals surface area contributed by atoms with Crippen LogP contribution in [0.5, 0.6) is 0 Å². The highest BCUT2D eigenvalue weighted by atomic mass is 35.5. The minimum absolute atomic E-state index is 0.258. The number of esters is 1. The lowest BCUT2D eigenvalue weighted by Crippen LogP contribution is -2.30. The Morgan fingerprint density at radius 1 is 1.29 bits per heavy atom. The van der Waals surface area contributed by atoms with E-state index in [1.165, 1.54) is 11.3 Å². The zero-order valence-electron chi connectivity index (χ0n) is 16.0. The monoisotopic (exact) mass is 436 g/mol. The summed E-state index contributed by atoms with van der Waals surface area (Å²) >= 11 is 13.1. The Balaban J connectivity index is 1.66. The number of hydrogen-bond donors (Lipinski definition) is 2. The smallest absolute Gasteiger partial charge is 0.341 e. The van der Waals surface area contributed by atoms with Crippen molar-refractivity contribution in [2.75, 3.05) is 18.5 Å². The van der Waals surface area contributed by atoms with E-state index in [0.29, 0.717) is 23.8 Å². The first-order chi connectivity index (χ1) is 13.6. The Morgan fingerprint density at radius 2 is 2.11 bits per heavy atom. The summed E-state index contributed by atoms with van der Waals surface area (Å²) in [7, 11) is 0. The van der Waals surface area contributed by atoms with Gasteiger partial charge in [-0.25, -0.2) is 4.79 Å². The van der Waals surface area contributed by atoms with Crippen molar-refractivity contribution in [2.45, 2.75) is 45.4 Å². The number of thiocarbonyl (C=S) groups is 1. The molecule has 1 aromatic carbocycles. The molecule has 150 valence electrons. The van der Waals surface area contributed by atoms with Gasteiger partial charge in [0.15, 0.2) is 5.11 Å². The number of thiophene rings is 1. The second-order valence-electron chi connectivity index (χ2n) is 6.75. The zero-order chi connectivity index (χ0) is 19.9. The van der Waals surface area contributed by atoms with Crippen molar-refractivity contribution in [2.24, 2.45) is 0 Å². The van der Waals surface area contributed by atoms with Crippen molar-refractivity contribution < 1.29 is 9.53 Å². The third-order valence-corrected chi connectivity index (χ3v) is 6.40. The standard InChI is InChI=1S/C21H25ClN2O2S2/c1-2-26-20(25)18-16-9-4-3-5-10-17(16)28-19(18)24-21(27)23-12-11-14-7-6-8-15(22)13-14/h6-8,13H,2-5,9-12H2,1H3,(H2,23,24,27). The molecule has 0 saturated heterocycles. The van der Waals surface area contributed by atoms with E-state index < -0.39 is 0 Å². The van der Waals surface area contributed by atoms with E-state index >= 15 is 0 Å². The third kappa shape index (κ3) is 5.46. The van der Waals surface area contributed by atoms with E-state index in [4.69, 9.17) is 28.6 Å². The van der Waals surface area contributed by atoms with Gasteiger partial charge in [-0.05, 0) is 74.5 Å². The van der Waals surface area contributed by atoms with E-state index in [0.717, 1.165) is 53.3 Å². The summed E-state index contributed by atoms with van der Waals surface area (Å²) in [6.45, 7) is 2.88. The van der Waals surface area contributed by atoms with Crippen LogP contribution in [-0.4, -0.2) is 24.2 Å². The molecule has 0 bridgehead atoms. The second-order valence-corrected chi connectivity index (χ2v) is 8.70. The molecule has 0 spiro atoms. The Morgan fingerprint density at radius 3 is 2.89 bits per heavy atom. The lowest BCUT2D eigenvalue weighted by molar-refractivity contribution is 0.0527. The van der Waals surface area contributed by atoms with Crippen LogP contribution in [0.2, 0.25) is 5.02 Å². The molecule has 1 heterocycles. The number of hydrogen-bond acceptors (Lipinski definition) is 4. The highest BCUT2D eigenvalue weighted by Gasteiger charge is 2.26. The van der Waals surface area contributed by atoms with Gasteiger partial charge < -0.3 is 15.4 Å². The Labute approximate surface area is 180 Å². The van der Waals surface area contributed by atoms with Crippen LogP contribution < -0.4 is 10.6 Å². The number of rotatable bonds is 6. The van der Waals surface area contributed by atoms with Gasteiger partial charge in [-0.3, -0.25) is 0 Å². The molecular formula is C21H25ClN2O2S2. The van der Waals surface area contributed by atoms with E-state index in [-0.39, 0.29) is 5.97 Å². The third-order valence-electron chi connectivity index (χ3n) is 4.72. The molecule has 4 nitrogen and oxygen atoms in total. The highest BCUT2D eigenvalue weighted by Crippen LogP contribution is 2.38. The predicted molar refractivity (Wildman–Crippen MR) is 121 cm³/mol. The summed E-state index contributed by atoms with van der Waals surface area (Å²) in [4.78, 5) is 13.9. The van der Waals surface area contributed by atoms with Crippen molar-refractivity contribution >= 4 is 51.2 Å². The summed E-state index contributed by atoms with van der Waals surface area (Å²) < 4.78 is 5.32. The predicted octanol–water partition coefficient (Wildman–Crippen LogP) is 5.38. The molecule has 28 heavy (non-hydrogen) atoms. The van der Waals surface area contributed by atoms with Crippen LogP contribution >= 0.6 is 35.2 Å². The lowest BCUT2D eigenvalue weighted by atomic mass is 10.1. The number of nitrogens with one attached hydrogen (secondary N) is 2. The number of fused-ring (bicyclic) bond motifs is 1. The zero-order valence-corrected chi connectivity index (χ0v) is 18.4. The summed E-state index contributed by atoms with van der Waals surface area (Å²) in [5, 5.41) is 8.51. The van der Waals surface area contributed by atoms with Gasteiger partial charge in [-0.15, -0.1) is 11.3 Å². The first-order valence-electron chi connectivity index (χ1n) is 9.69. The highest BCUT2D eigenvalue weighted by molar-refractivity contribution is 7.80. The second kappa shape index (κ2) is 10.2. The quantitative estimate of drug-likeness (QED) is 0.362. The molecule has 0 aliphatic heterocycles. The topological polar surface area (TPSA) is 50.4 Å². The fraction of sp³-hybridized carbons (Fsp3) is 0.429. The molecule has 1 aliphatic carbocycles. The number of carbonyl (C=O) groups is 1. The van der Waals surface area contributed by atoms with Gasteiger partial charge in [0, 0.05) is 16.4 Å². The number of benzene rings is 1. The van der Waals surface area contributed by atoms with E-state index in [1.54, 1.807) is 11.3 Å². The Kier molecular flexibility index (Phi) is 7.71. The van der Waals surface area contributed by atoms with Crippen molar-refractivity contribution in [1.82, 2.24) is 5.32 Å². The van der Waals surface area contributed by atoms with Crippen molar-refractivity contribution in [3.05, 3.63) is 50.9 Å². The van der Waals surface area contributed by atoms with Crippen LogP contribution in [0.4, 0.5) is 5.00 Å². The number of halogens is 1. The molecule has 2 aromatic rings. The van der Waals surface area contributed by atoms with Gasteiger partial charge in [0.25, 0.3) is 0 Å². The summed E-state index contributed by atoms with van der Waals surface area (Å²) in [5.41, 5.74) is 2.96. The van der Waals surface area contributed by atoms with E-state index in [9.17, 15) is 4.79 Å². The average Bonchev–Trinajstić information content (AvgIpc) is 2.82.